The topological polar surface area (TPSA) is 30.5 Å². The number of hydrogen-bond donors (Lipinski definition) is 2. The van der Waals surface area contributed by atoms with E-state index in [-0.39, 0.29) is 31.8 Å². The summed E-state index contributed by atoms with van der Waals surface area (Å²) in [6.45, 7) is 3.10. The zero-order chi connectivity index (χ0) is 18.5. The Bertz CT molecular complexity index is 775. The molecule has 2 aromatic rings. The van der Waals surface area contributed by atoms with E-state index in [2.05, 4.69) is 22.8 Å². The van der Waals surface area contributed by atoms with Gasteiger partial charge < -0.3 is 20.4 Å². The summed E-state index contributed by atoms with van der Waals surface area (Å²) in [6.07, 6.45) is 6.51. The first-order chi connectivity index (χ1) is 12.5. The van der Waals surface area contributed by atoms with Crippen molar-refractivity contribution in [2.45, 2.75) is 0 Å². The maximum Gasteiger partial charge on any atom is 0.0316 e. The third-order valence-corrected chi connectivity index (χ3v) is 3.28. The molecule has 0 spiro atoms. The van der Waals surface area contributed by atoms with Crippen LogP contribution in [0.25, 0.3) is 0 Å². The minimum absolute atomic E-state index is 0. The van der Waals surface area contributed by atoms with Crippen molar-refractivity contribution in [2.75, 3.05) is 9.80 Å². The molecule has 0 atom stereocenters. The smallest absolute Gasteiger partial charge is 0.0316 e. The van der Waals surface area contributed by atoms with Crippen molar-refractivity contribution in [1.29, 1.82) is 0 Å². The number of rotatable bonds is 2. The molecule has 0 saturated carbocycles. The summed E-state index contributed by atoms with van der Waals surface area (Å²) in [5.74, 6) is -2.52. The normalized spacial score (nSPS) is 14.2. The zero-order valence-electron chi connectivity index (χ0n) is 13.5. The Morgan fingerprint density at radius 1 is 0.741 bits per heavy atom. The zero-order valence-corrected chi connectivity index (χ0v) is 15.1. The van der Waals surface area contributed by atoms with Gasteiger partial charge in [0, 0.05) is 43.7 Å². The summed E-state index contributed by atoms with van der Waals surface area (Å²) in [5.41, 5.74) is 0.394. The quantitative estimate of drug-likeness (QED) is 0.403. The van der Waals surface area contributed by atoms with E-state index >= 15 is 0 Å². The van der Waals surface area contributed by atoms with E-state index in [1.54, 1.807) is 38.1 Å². The molecular weight excluding hydrogens is 455 g/mol. The number of benzene rings is 2. The molecule has 2 aliphatic rings. The van der Waals surface area contributed by atoms with Crippen molar-refractivity contribution in [3.8, 4) is 0 Å². The Morgan fingerprint density at radius 2 is 1.15 bits per heavy atom. The second-order valence-corrected chi connectivity index (χ2v) is 5.07. The first-order valence-electron chi connectivity index (χ1n) is 7.37. The number of nitrogens with one attached hydrogen (secondary N) is 2. The molecule has 4 rings (SSSR count). The average Bonchev–Trinajstić information content (AvgIpc) is 3.29. The standard InChI is InChI=1S/2C9H6F2N2.Pd/c2*10-7-1-2-9(8(11)5-7)13-4-3-12-6-13;/h2*1,3-6,12H;/q2*-2;. The van der Waals surface area contributed by atoms with Crippen molar-refractivity contribution >= 4 is 11.4 Å². The maximum atomic E-state index is 13.1. The van der Waals surface area contributed by atoms with Crippen molar-refractivity contribution in [2.24, 2.45) is 0 Å². The van der Waals surface area contributed by atoms with E-state index in [0.29, 0.717) is 0 Å². The van der Waals surface area contributed by atoms with Gasteiger partial charge in [-0.3, -0.25) is 17.6 Å². The minimum Gasteiger partial charge on any atom is -0.521 e. The van der Waals surface area contributed by atoms with Gasteiger partial charge in [0.2, 0.25) is 0 Å². The van der Waals surface area contributed by atoms with Crippen molar-refractivity contribution in [1.82, 2.24) is 10.6 Å². The Labute approximate surface area is 167 Å². The molecule has 0 aliphatic carbocycles. The maximum absolute atomic E-state index is 13.1. The van der Waals surface area contributed by atoms with Gasteiger partial charge in [-0.15, -0.1) is 24.3 Å². The predicted molar refractivity (Wildman–Crippen MR) is 88.5 cm³/mol. The average molecular weight is 467 g/mol. The fourth-order valence-electron chi connectivity index (χ4n) is 2.13. The second kappa shape index (κ2) is 9.44. The monoisotopic (exact) mass is 466 g/mol. The van der Waals surface area contributed by atoms with Crippen LogP contribution in [0.2, 0.25) is 0 Å². The first kappa shape index (κ1) is 20.8. The molecule has 146 valence electrons. The molecule has 2 N–H and O–H groups in total. The number of nitrogens with zero attached hydrogens (tertiary/aromatic N) is 2. The molecular formula is C18H12F4N4Pd-4. The van der Waals surface area contributed by atoms with Crippen LogP contribution in [0.5, 0.6) is 0 Å². The van der Waals surface area contributed by atoms with Crippen LogP contribution in [0.3, 0.4) is 0 Å². The van der Waals surface area contributed by atoms with Crippen molar-refractivity contribution in [3.05, 3.63) is 97.8 Å². The van der Waals surface area contributed by atoms with Crippen LogP contribution in [0.4, 0.5) is 28.9 Å². The predicted octanol–water partition coefficient (Wildman–Crippen LogP) is 3.53. The van der Waals surface area contributed by atoms with Crippen LogP contribution in [-0.2, 0) is 20.4 Å². The Kier molecular flexibility index (Phi) is 7.28. The third-order valence-electron chi connectivity index (χ3n) is 3.28. The SMILES string of the molecule is Fc1c[c-]c(N2C=CN[CH-]2)c(F)c1.Fc1c[c-]c(N2C=CN[CH-]2)c(F)c1.[Pd]. The van der Waals surface area contributed by atoms with Crippen LogP contribution in [-0.4, -0.2) is 0 Å². The number of hydrogen-bond acceptors (Lipinski definition) is 4. The number of halogens is 4. The summed E-state index contributed by atoms with van der Waals surface area (Å²) < 4.78 is 51.2. The molecule has 2 aromatic carbocycles. The summed E-state index contributed by atoms with van der Waals surface area (Å²) in [4.78, 5) is 2.96. The Balaban J connectivity index is 0.000000187. The van der Waals surface area contributed by atoms with Crippen LogP contribution in [0.1, 0.15) is 0 Å². The second-order valence-electron chi connectivity index (χ2n) is 5.07. The first-order valence-corrected chi connectivity index (χ1v) is 7.37. The fraction of sp³-hybridized carbons (Fsp3) is 0. The van der Waals surface area contributed by atoms with E-state index in [4.69, 9.17) is 0 Å². The van der Waals surface area contributed by atoms with Gasteiger partial charge in [-0.2, -0.15) is 25.5 Å². The molecule has 2 heterocycles. The van der Waals surface area contributed by atoms with Gasteiger partial charge in [0.15, 0.2) is 0 Å². The number of anilines is 2. The van der Waals surface area contributed by atoms with Crippen LogP contribution >= 0.6 is 0 Å². The molecule has 4 nitrogen and oxygen atoms in total. The molecule has 2 aliphatic heterocycles. The van der Waals surface area contributed by atoms with Crippen LogP contribution in [0, 0.1) is 48.7 Å². The third kappa shape index (κ3) is 5.25. The summed E-state index contributed by atoms with van der Waals surface area (Å²) in [6, 6.07) is 8.84. The molecule has 0 fully saturated rings. The Hall–Kier alpha value is -2.50. The van der Waals surface area contributed by atoms with E-state index in [9.17, 15) is 17.6 Å². The molecule has 0 amide bonds. The Morgan fingerprint density at radius 3 is 1.44 bits per heavy atom. The molecule has 27 heavy (non-hydrogen) atoms. The summed E-state index contributed by atoms with van der Waals surface area (Å²) in [5, 5.41) is 5.51. The molecule has 0 saturated heterocycles. The minimum atomic E-state index is -0.635. The molecule has 0 unspecified atom stereocenters. The van der Waals surface area contributed by atoms with E-state index in [0.717, 1.165) is 24.3 Å². The molecule has 9 heteroatoms. The summed E-state index contributed by atoms with van der Waals surface area (Å²) in [7, 11) is 0. The van der Waals surface area contributed by atoms with Gasteiger partial charge in [0.1, 0.15) is 0 Å². The van der Waals surface area contributed by atoms with Gasteiger partial charge in [-0.1, -0.05) is 11.4 Å². The van der Waals surface area contributed by atoms with Gasteiger partial charge in [-0.25, -0.2) is 0 Å². The van der Waals surface area contributed by atoms with Gasteiger partial charge >= 0.3 is 0 Å². The van der Waals surface area contributed by atoms with Crippen molar-refractivity contribution < 1.29 is 38.0 Å². The summed E-state index contributed by atoms with van der Waals surface area (Å²) >= 11 is 0. The fourth-order valence-corrected chi connectivity index (χ4v) is 2.13. The van der Waals surface area contributed by atoms with Gasteiger partial charge in [-0.05, 0) is 24.8 Å². The van der Waals surface area contributed by atoms with E-state index in [1.165, 1.54) is 9.80 Å². The largest absolute Gasteiger partial charge is 0.521 e. The van der Waals surface area contributed by atoms with E-state index < -0.39 is 23.3 Å². The van der Waals surface area contributed by atoms with Gasteiger partial charge in [0.05, 0.1) is 0 Å². The van der Waals surface area contributed by atoms with Gasteiger partial charge in [0.25, 0.3) is 0 Å². The van der Waals surface area contributed by atoms with E-state index in [1.807, 2.05) is 0 Å². The molecule has 0 aromatic heterocycles. The molecule has 0 bridgehead atoms. The molecule has 0 radical (unpaired) electrons. The van der Waals surface area contributed by atoms with Crippen molar-refractivity contribution in [3.63, 3.8) is 0 Å². The van der Waals surface area contributed by atoms with Crippen LogP contribution in [0.15, 0.2) is 49.1 Å². The van der Waals surface area contributed by atoms with Crippen LogP contribution < -0.4 is 20.4 Å².